The maximum absolute atomic E-state index is 12.8. The first-order chi connectivity index (χ1) is 13.4. The first kappa shape index (κ1) is 20.6. The number of esters is 1. The van der Waals surface area contributed by atoms with Crippen LogP contribution in [0.25, 0.3) is 0 Å². The van der Waals surface area contributed by atoms with Crippen molar-refractivity contribution in [3.8, 4) is 11.5 Å². The highest BCUT2D eigenvalue weighted by Crippen LogP contribution is 2.26. The molecule has 0 aliphatic carbocycles. The molecule has 1 aliphatic heterocycles. The van der Waals surface area contributed by atoms with Gasteiger partial charge in [0.05, 0.1) is 17.4 Å². The molecular weight excluding hydrogens is 402 g/mol. The highest BCUT2D eigenvalue weighted by Gasteiger charge is 2.33. The summed E-state index contributed by atoms with van der Waals surface area (Å²) < 4.78 is 37.8. The molecule has 2 aromatic rings. The first-order valence-electron chi connectivity index (χ1n) is 9.10. The van der Waals surface area contributed by atoms with Crippen molar-refractivity contribution in [2.45, 2.75) is 24.7 Å². The van der Waals surface area contributed by atoms with Gasteiger partial charge in [0.1, 0.15) is 11.5 Å². The van der Waals surface area contributed by atoms with Gasteiger partial charge in [-0.25, -0.2) is 8.42 Å². The Labute approximate surface area is 170 Å². The quantitative estimate of drug-likeness (QED) is 0.522. The highest BCUT2D eigenvalue weighted by molar-refractivity contribution is 7.89. The molecule has 0 N–H and O–H groups in total. The van der Waals surface area contributed by atoms with Crippen molar-refractivity contribution in [2.75, 3.05) is 19.7 Å². The Hall–Kier alpha value is -2.09. The summed E-state index contributed by atoms with van der Waals surface area (Å²) in [6.07, 6.45) is 0.839. The standard InChI is InChI=1S/C20H22ClNO5S/c1-2-26-17-7-9-19(10-8-17)28(24,25)22-13-11-15(12-14-22)20(23)27-18-5-3-16(21)4-6-18/h3-10,15H,2,11-14H2,1H3. The predicted octanol–water partition coefficient (Wildman–Crippen LogP) is 3.75. The van der Waals surface area contributed by atoms with E-state index in [4.69, 9.17) is 21.1 Å². The zero-order valence-corrected chi connectivity index (χ0v) is 17.1. The van der Waals surface area contributed by atoms with Crippen LogP contribution in [0.2, 0.25) is 5.02 Å². The molecule has 2 aromatic carbocycles. The van der Waals surface area contributed by atoms with Gasteiger partial charge in [-0.3, -0.25) is 4.79 Å². The molecule has 1 saturated heterocycles. The molecule has 1 aliphatic rings. The summed E-state index contributed by atoms with van der Waals surface area (Å²) >= 11 is 5.82. The lowest BCUT2D eigenvalue weighted by Gasteiger charge is -2.30. The molecular formula is C20H22ClNO5S. The van der Waals surface area contributed by atoms with Crippen LogP contribution >= 0.6 is 11.6 Å². The van der Waals surface area contributed by atoms with Crippen LogP contribution in [0.15, 0.2) is 53.4 Å². The average Bonchev–Trinajstić information content (AvgIpc) is 2.70. The minimum atomic E-state index is -3.60. The Bertz CT molecular complexity index is 905. The topological polar surface area (TPSA) is 72.9 Å². The van der Waals surface area contributed by atoms with E-state index in [2.05, 4.69) is 0 Å². The second kappa shape index (κ2) is 8.94. The number of carbonyl (C=O) groups is 1. The van der Waals surface area contributed by atoms with E-state index in [1.54, 1.807) is 48.5 Å². The van der Waals surface area contributed by atoms with Gasteiger partial charge in [0, 0.05) is 18.1 Å². The van der Waals surface area contributed by atoms with Crippen molar-refractivity contribution in [1.29, 1.82) is 0 Å². The van der Waals surface area contributed by atoms with Crippen molar-refractivity contribution in [3.05, 3.63) is 53.6 Å². The number of hydrogen-bond acceptors (Lipinski definition) is 5. The van der Waals surface area contributed by atoms with Gasteiger partial charge in [-0.1, -0.05) is 11.6 Å². The molecule has 1 fully saturated rings. The molecule has 8 heteroatoms. The largest absolute Gasteiger partial charge is 0.494 e. The lowest BCUT2D eigenvalue weighted by molar-refractivity contribution is -0.140. The SMILES string of the molecule is CCOc1ccc(S(=O)(=O)N2CCC(C(=O)Oc3ccc(Cl)cc3)CC2)cc1. The molecule has 0 atom stereocenters. The van der Waals surface area contributed by atoms with Gasteiger partial charge in [-0.2, -0.15) is 4.31 Å². The maximum Gasteiger partial charge on any atom is 0.314 e. The zero-order valence-electron chi connectivity index (χ0n) is 15.5. The van der Waals surface area contributed by atoms with Crippen LogP contribution in [0.1, 0.15) is 19.8 Å². The number of hydrogen-bond donors (Lipinski definition) is 0. The summed E-state index contributed by atoms with van der Waals surface area (Å²) in [5.74, 6) is 0.381. The number of sulfonamides is 1. The first-order valence-corrected chi connectivity index (χ1v) is 10.9. The molecule has 0 radical (unpaired) electrons. The second-order valence-corrected chi connectivity index (χ2v) is 8.83. The Morgan fingerprint density at radius 3 is 2.18 bits per heavy atom. The van der Waals surface area contributed by atoms with E-state index < -0.39 is 10.0 Å². The highest BCUT2D eigenvalue weighted by atomic mass is 35.5. The lowest BCUT2D eigenvalue weighted by Crippen LogP contribution is -2.41. The van der Waals surface area contributed by atoms with Crippen molar-refractivity contribution in [2.24, 2.45) is 5.92 Å². The molecule has 0 aromatic heterocycles. The third-order valence-corrected chi connectivity index (χ3v) is 6.76. The van der Waals surface area contributed by atoms with E-state index in [9.17, 15) is 13.2 Å². The summed E-state index contributed by atoms with van der Waals surface area (Å²) in [7, 11) is -3.60. The van der Waals surface area contributed by atoms with E-state index >= 15 is 0 Å². The normalized spacial score (nSPS) is 15.9. The number of ether oxygens (including phenoxy) is 2. The lowest BCUT2D eigenvalue weighted by atomic mass is 9.98. The van der Waals surface area contributed by atoms with E-state index in [0.717, 1.165) is 0 Å². The molecule has 1 heterocycles. The van der Waals surface area contributed by atoms with Gasteiger partial charge in [-0.15, -0.1) is 0 Å². The predicted molar refractivity (Wildman–Crippen MR) is 106 cm³/mol. The Kier molecular flexibility index (Phi) is 6.59. The minimum Gasteiger partial charge on any atom is -0.494 e. The van der Waals surface area contributed by atoms with Crippen LogP contribution in [0.4, 0.5) is 0 Å². The monoisotopic (exact) mass is 423 g/mol. The molecule has 0 spiro atoms. The van der Waals surface area contributed by atoms with Gasteiger partial charge < -0.3 is 9.47 Å². The number of piperidine rings is 1. The zero-order chi connectivity index (χ0) is 20.1. The van der Waals surface area contributed by atoms with Crippen molar-refractivity contribution >= 4 is 27.6 Å². The van der Waals surface area contributed by atoms with Gasteiger partial charge in [0.25, 0.3) is 0 Å². The van der Waals surface area contributed by atoms with E-state index in [0.29, 0.717) is 36.0 Å². The number of nitrogens with zero attached hydrogens (tertiary/aromatic N) is 1. The second-order valence-electron chi connectivity index (χ2n) is 6.46. The third-order valence-electron chi connectivity index (χ3n) is 4.59. The summed E-state index contributed by atoms with van der Waals surface area (Å²) in [5.41, 5.74) is 0. The van der Waals surface area contributed by atoms with Crippen LogP contribution in [-0.4, -0.2) is 38.4 Å². The molecule has 6 nitrogen and oxygen atoms in total. The van der Waals surface area contributed by atoms with Crippen LogP contribution in [0.5, 0.6) is 11.5 Å². The maximum atomic E-state index is 12.8. The van der Waals surface area contributed by atoms with Crippen LogP contribution in [-0.2, 0) is 14.8 Å². The van der Waals surface area contributed by atoms with Crippen LogP contribution in [0, 0.1) is 5.92 Å². The number of carbonyl (C=O) groups excluding carboxylic acids is 1. The summed E-state index contributed by atoms with van der Waals surface area (Å²) in [6.45, 7) is 2.93. The molecule has 0 amide bonds. The average molecular weight is 424 g/mol. The van der Waals surface area contributed by atoms with E-state index in [1.165, 1.54) is 4.31 Å². The third kappa shape index (κ3) is 4.84. The summed E-state index contributed by atoms with van der Waals surface area (Å²) in [5, 5.41) is 0.563. The fraction of sp³-hybridized carbons (Fsp3) is 0.350. The molecule has 0 saturated carbocycles. The van der Waals surface area contributed by atoms with Gasteiger partial charge in [0.15, 0.2) is 0 Å². The van der Waals surface area contributed by atoms with Gasteiger partial charge >= 0.3 is 5.97 Å². The smallest absolute Gasteiger partial charge is 0.314 e. The van der Waals surface area contributed by atoms with E-state index in [-0.39, 0.29) is 29.9 Å². The van der Waals surface area contributed by atoms with Crippen LogP contribution < -0.4 is 9.47 Å². The number of benzene rings is 2. The molecule has 150 valence electrons. The summed E-state index contributed by atoms with van der Waals surface area (Å²) in [4.78, 5) is 12.6. The van der Waals surface area contributed by atoms with Crippen molar-refractivity contribution in [1.82, 2.24) is 4.31 Å². The Morgan fingerprint density at radius 2 is 1.61 bits per heavy atom. The molecule has 28 heavy (non-hydrogen) atoms. The Morgan fingerprint density at radius 1 is 1.04 bits per heavy atom. The fourth-order valence-corrected chi connectivity index (χ4v) is 4.65. The number of halogens is 1. The number of rotatable bonds is 6. The molecule has 0 unspecified atom stereocenters. The fourth-order valence-electron chi connectivity index (χ4n) is 3.06. The Balaban J connectivity index is 1.59. The van der Waals surface area contributed by atoms with E-state index in [1.807, 2.05) is 6.92 Å². The minimum absolute atomic E-state index is 0.221. The van der Waals surface area contributed by atoms with Gasteiger partial charge in [-0.05, 0) is 68.3 Å². The summed E-state index contributed by atoms with van der Waals surface area (Å²) in [6, 6.07) is 12.9. The van der Waals surface area contributed by atoms with Crippen molar-refractivity contribution < 1.29 is 22.7 Å². The molecule has 0 bridgehead atoms. The van der Waals surface area contributed by atoms with Crippen molar-refractivity contribution in [3.63, 3.8) is 0 Å². The molecule has 3 rings (SSSR count). The van der Waals surface area contributed by atoms with Gasteiger partial charge in [0.2, 0.25) is 10.0 Å². The van der Waals surface area contributed by atoms with Crippen LogP contribution in [0.3, 0.4) is 0 Å².